The fourth-order valence-electron chi connectivity index (χ4n) is 2.28. The van der Waals surface area contributed by atoms with Gasteiger partial charge < -0.3 is 20.3 Å². The van der Waals surface area contributed by atoms with E-state index >= 15 is 0 Å². The SMILES string of the molecule is COC(=O)Nc1ccc(NC(=O)NCC(C)N(C)c2ccccc2)cc1. The van der Waals surface area contributed by atoms with E-state index in [1.54, 1.807) is 24.3 Å². The Bertz CT molecular complexity index is 719. The van der Waals surface area contributed by atoms with Crippen molar-refractivity contribution in [2.24, 2.45) is 0 Å². The molecule has 138 valence electrons. The molecule has 0 heterocycles. The fraction of sp³-hybridized carbons (Fsp3) is 0.263. The first-order chi connectivity index (χ1) is 12.5. The molecule has 3 N–H and O–H groups in total. The number of nitrogens with zero attached hydrogens (tertiary/aromatic N) is 1. The number of nitrogens with one attached hydrogen (secondary N) is 3. The van der Waals surface area contributed by atoms with E-state index in [0.717, 1.165) is 5.69 Å². The molecule has 0 bridgehead atoms. The van der Waals surface area contributed by atoms with Crippen LogP contribution in [-0.2, 0) is 4.74 Å². The van der Waals surface area contributed by atoms with E-state index in [4.69, 9.17) is 0 Å². The molecule has 0 saturated heterocycles. The van der Waals surface area contributed by atoms with Crippen LogP contribution in [0.1, 0.15) is 6.92 Å². The second-order valence-electron chi connectivity index (χ2n) is 5.82. The van der Waals surface area contributed by atoms with Crippen LogP contribution in [0, 0.1) is 0 Å². The Hall–Kier alpha value is -3.22. The lowest BCUT2D eigenvalue weighted by atomic mass is 10.2. The topological polar surface area (TPSA) is 82.7 Å². The number of ether oxygens (including phenoxy) is 1. The molecule has 0 aliphatic rings. The summed E-state index contributed by atoms with van der Waals surface area (Å²) in [6.45, 7) is 2.54. The first-order valence-electron chi connectivity index (χ1n) is 8.27. The molecular formula is C19H24N4O3. The van der Waals surface area contributed by atoms with Gasteiger partial charge in [0.1, 0.15) is 0 Å². The molecule has 0 saturated carbocycles. The molecule has 0 aromatic heterocycles. The van der Waals surface area contributed by atoms with E-state index in [-0.39, 0.29) is 12.1 Å². The predicted octanol–water partition coefficient (Wildman–Crippen LogP) is 3.51. The highest BCUT2D eigenvalue weighted by Crippen LogP contribution is 2.15. The van der Waals surface area contributed by atoms with Gasteiger partial charge in [-0.2, -0.15) is 0 Å². The van der Waals surface area contributed by atoms with Crippen molar-refractivity contribution in [2.75, 3.05) is 36.2 Å². The number of methoxy groups -OCH3 is 1. The van der Waals surface area contributed by atoms with Gasteiger partial charge in [-0.3, -0.25) is 5.32 Å². The summed E-state index contributed by atoms with van der Waals surface area (Å²) in [4.78, 5) is 25.3. The lowest BCUT2D eigenvalue weighted by Gasteiger charge is -2.27. The van der Waals surface area contributed by atoms with Crippen molar-refractivity contribution < 1.29 is 14.3 Å². The Labute approximate surface area is 153 Å². The predicted molar refractivity (Wildman–Crippen MR) is 104 cm³/mol. The third-order valence-corrected chi connectivity index (χ3v) is 3.96. The number of anilines is 3. The second kappa shape index (κ2) is 9.31. The first kappa shape index (κ1) is 19.1. The quantitative estimate of drug-likeness (QED) is 0.740. The zero-order chi connectivity index (χ0) is 18.9. The lowest BCUT2D eigenvalue weighted by Crippen LogP contribution is -2.41. The first-order valence-corrected chi connectivity index (χ1v) is 8.27. The standard InChI is InChI=1S/C19H24N4O3/c1-14(23(2)17-7-5-4-6-8-17)13-20-18(24)21-15-9-11-16(12-10-15)22-19(25)26-3/h4-12,14H,13H2,1-3H3,(H,22,25)(H2,20,21,24). The molecule has 2 aromatic rings. The van der Waals surface area contributed by atoms with Crippen molar-refractivity contribution in [2.45, 2.75) is 13.0 Å². The molecule has 0 aliphatic carbocycles. The number of carbonyl (C=O) groups excluding carboxylic acids is 2. The Kier molecular flexibility index (Phi) is 6.84. The van der Waals surface area contributed by atoms with Gasteiger partial charge >= 0.3 is 12.1 Å². The van der Waals surface area contributed by atoms with Crippen molar-refractivity contribution in [3.8, 4) is 0 Å². The lowest BCUT2D eigenvalue weighted by molar-refractivity contribution is 0.187. The van der Waals surface area contributed by atoms with Crippen LogP contribution in [0.25, 0.3) is 0 Å². The summed E-state index contributed by atoms with van der Waals surface area (Å²) >= 11 is 0. The number of hydrogen-bond donors (Lipinski definition) is 3. The maximum atomic E-state index is 12.1. The molecule has 0 aliphatic heterocycles. The Morgan fingerprint density at radius 1 is 1.00 bits per heavy atom. The van der Waals surface area contributed by atoms with Gasteiger partial charge in [-0.1, -0.05) is 18.2 Å². The summed E-state index contributed by atoms with van der Waals surface area (Å²) in [7, 11) is 3.29. The summed E-state index contributed by atoms with van der Waals surface area (Å²) < 4.78 is 4.52. The highest BCUT2D eigenvalue weighted by atomic mass is 16.5. The van der Waals surface area contributed by atoms with Crippen LogP contribution in [0.15, 0.2) is 54.6 Å². The van der Waals surface area contributed by atoms with Crippen molar-refractivity contribution >= 4 is 29.2 Å². The van der Waals surface area contributed by atoms with Gasteiger partial charge in [0.05, 0.1) is 7.11 Å². The summed E-state index contributed by atoms with van der Waals surface area (Å²) in [5.74, 6) is 0. The number of benzene rings is 2. The average molecular weight is 356 g/mol. The van der Waals surface area contributed by atoms with Gasteiger partial charge in [0.2, 0.25) is 0 Å². The van der Waals surface area contributed by atoms with Crippen molar-refractivity contribution in [3.05, 3.63) is 54.6 Å². The van der Waals surface area contributed by atoms with Gasteiger partial charge in [0.25, 0.3) is 0 Å². The highest BCUT2D eigenvalue weighted by molar-refractivity contribution is 5.90. The molecule has 3 amide bonds. The molecule has 0 radical (unpaired) electrons. The Morgan fingerprint density at radius 2 is 1.58 bits per heavy atom. The van der Waals surface area contributed by atoms with Crippen LogP contribution in [0.3, 0.4) is 0 Å². The molecule has 2 aromatic carbocycles. The number of urea groups is 1. The average Bonchev–Trinajstić information content (AvgIpc) is 2.67. The van der Waals surface area contributed by atoms with Crippen molar-refractivity contribution in [1.29, 1.82) is 0 Å². The van der Waals surface area contributed by atoms with Gasteiger partial charge in [-0.25, -0.2) is 9.59 Å². The van der Waals surface area contributed by atoms with Crippen molar-refractivity contribution in [3.63, 3.8) is 0 Å². The van der Waals surface area contributed by atoms with E-state index < -0.39 is 6.09 Å². The smallest absolute Gasteiger partial charge is 0.411 e. The summed E-state index contributed by atoms with van der Waals surface area (Å²) in [5.41, 5.74) is 2.30. The van der Waals surface area contributed by atoms with E-state index in [0.29, 0.717) is 17.9 Å². The Balaban J connectivity index is 1.80. The molecule has 0 spiro atoms. The third kappa shape index (κ3) is 5.70. The van der Waals surface area contributed by atoms with Gasteiger partial charge in [-0.05, 0) is 43.3 Å². The maximum absolute atomic E-state index is 12.1. The number of likely N-dealkylation sites (N-methyl/N-ethyl adjacent to an activating group) is 1. The van der Waals surface area contributed by atoms with Crippen molar-refractivity contribution in [1.82, 2.24) is 5.32 Å². The van der Waals surface area contributed by atoms with E-state index in [1.807, 2.05) is 44.3 Å². The molecule has 7 heteroatoms. The fourth-order valence-corrected chi connectivity index (χ4v) is 2.28. The van der Waals surface area contributed by atoms with E-state index in [9.17, 15) is 9.59 Å². The monoisotopic (exact) mass is 356 g/mol. The number of amides is 3. The molecule has 26 heavy (non-hydrogen) atoms. The van der Waals surface area contributed by atoms with E-state index in [2.05, 4.69) is 25.6 Å². The summed E-state index contributed by atoms with van der Waals surface area (Å²) in [5, 5.41) is 8.16. The summed E-state index contributed by atoms with van der Waals surface area (Å²) in [6, 6.07) is 16.6. The maximum Gasteiger partial charge on any atom is 0.411 e. The van der Waals surface area contributed by atoms with Crippen LogP contribution in [-0.4, -0.2) is 38.9 Å². The molecule has 7 nitrogen and oxygen atoms in total. The molecule has 1 atom stereocenters. The van der Waals surface area contributed by atoms with E-state index in [1.165, 1.54) is 7.11 Å². The molecule has 1 unspecified atom stereocenters. The number of rotatable bonds is 6. The minimum absolute atomic E-state index is 0.134. The van der Waals surface area contributed by atoms with Crippen LogP contribution in [0.2, 0.25) is 0 Å². The minimum Gasteiger partial charge on any atom is -0.453 e. The highest BCUT2D eigenvalue weighted by Gasteiger charge is 2.11. The van der Waals surface area contributed by atoms with Crippen LogP contribution in [0.4, 0.5) is 26.7 Å². The minimum atomic E-state index is -0.542. The summed E-state index contributed by atoms with van der Waals surface area (Å²) in [6.07, 6.45) is -0.542. The van der Waals surface area contributed by atoms with Gasteiger partial charge in [0.15, 0.2) is 0 Å². The number of para-hydroxylation sites is 1. The molecule has 0 fully saturated rings. The second-order valence-corrected chi connectivity index (χ2v) is 5.82. The van der Waals surface area contributed by atoms with Gasteiger partial charge in [-0.15, -0.1) is 0 Å². The largest absolute Gasteiger partial charge is 0.453 e. The molecular weight excluding hydrogens is 332 g/mol. The van der Waals surface area contributed by atoms with Crippen LogP contribution < -0.4 is 20.9 Å². The zero-order valence-electron chi connectivity index (χ0n) is 15.2. The normalized spacial score (nSPS) is 11.2. The van der Waals surface area contributed by atoms with Crippen LogP contribution in [0.5, 0.6) is 0 Å². The zero-order valence-corrected chi connectivity index (χ0v) is 15.2. The Morgan fingerprint density at radius 3 is 2.15 bits per heavy atom. The number of hydrogen-bond acceptors (Lipinski definition) is 4. The number of carbonyl (C=O) groups is 2. The van der Waals surface area contributed by atoms with Crippen LogP contribution >= 0.6 is 0 Å². The third-order valence-electron chi connectivity index (χ3n) is 3.96. The molecule has 2 rings (SSSR count). The van der Waals surface area contributed by atoms with Gasteiger partial charge in [0, 0.05) is 36.7 Å².